The molecule has 0 unspecified atom stereocenters. The van der Waals surface area contributed by atoms with Gasteiger partial charge < -0.3 is 4.74 Å². The number of aromatic nitrogens is 1. The zero-order chi connectivity index (χ0) is 12.9. The highest BCUT2D eigenvalue weighted by molar-refractivity contribution is 7.85. The maximum Gasteiger partial charge on any atom is 0.213 e. The zero-order valence-corrected chi connectivity index (χ0v) is 11.5. The summed E-state index contributed by atoms with van der Waals surface area (Å²) in [7, 11) is -1.24. The van der Waals surface area contributed by atoms with Crippen molar-refractivity contribution in [2.75, 3.05) is 6.61 Å². The largest absolute Gasteiger partial charge is 0.478 e. The van der Waals surface area contributed by atoms with Gasteiger partial charge in [-0.05, 0) is 33.8 Å². The number of rotatable bonds is 4. The van der Waals surface area contributed by atoms with Crippen molar-refractivity contribution in [3.05, 3.63) is 23.9 Å². The third-order valence-electron chi connectivity index (χ3n) is 1.87. The number of hydrogen-bond acceptors (Lipinski definition) is 3. The zero-order valence-electron chi connectivity index (χ0n) is 10.6. The van der Waals surface area contributed by atoms with E-state index >= 15 is 0 Å². The lowest BCUT2D eigenvalue weighted by molar-refractivity contribution is 0.327. The van der Waals surface area contributed by atoms with E-state index in [0.717, 1.165) is 5.56 Å². The molecular formula is C12H18N2O2S. The highest BCUT2D eigenvalue weighted by Crippen LogP contribution is 2.12. The molecule has 0 bridgehead atoms. The second kappa shape index (κ2) is 5.91. The Morgan fingerprint density at radius 2 is 2.18 bits per heavy atom. The van der Waals surface area contributed by atoms with Crippen LogP contribution in [0.2, 0.25) is 0 Å². The molecule has 0 saturated carbocycles. The van der Waals surface area contributed by atoms with Crippen LogP contribution >= 0.6 is 0 Å². The summed E-state index contributed by atoms with van der Waals surface area (Å²) in [6.07, 6.45) is 3.22. The Labute approximate surface area is 105 Å². The molecule has 0 N–H and O–H groups in total. The second-order valence-corrected chi connectivity index (χ2v) is 6.39. The van der Waals surface area contributed by atoms with Gasteiger partial charge in [0, 0.05) is 24.0 Å². The molecule has 1 heterocycles. The topological polar surface area (TPSA) is 51.5 Å². The van der Waals surface area contributed by atoms with Crippen LogP contribution in [0.15, 0.2) is 22.7 Å². The normalized spacial score (nSPS) is 13.9. The van der Waals surface area contributed by atoms with Gasteiger partial charge in [-0.25, -0.2) is 9.19 Å². The smallest absolute Gasteiger partial charge is 0.213 e. The summed E-state index contributed by atoms with van der Waals surface area (Å²) in [4.78, 5) is 4.10. The molecular weight excluding hydrogens is 236 g/mol. The molecule has 0 aliphatic carbocycles. The Bertz CT molecular complexity index is 408. The Balaban J connectivity index is 2.69. The minimum absolute atomic E-state index is 0.338. The van der Waals surface area contributed by atoms with Gasteiger partial charge in [0.05, 0.1) is 11.4 Å². The molecule has 1 aromatic heterocycles. The fourth-order valence-corrected chi connectivity index (χ4v) is 1.50. The Hall–Kier alpha value is -1.23. The molecule has 0 fully saturated rings. The molecule has 17 heavy (non-hydrogen) atoms. The van der Waals surface area contributed by atoms with Crippen molar-refractivity contribution >= 4 is 17.2 Å². The SMILES string of the molecule is CCOc1ccc(C=N[S@@](=O)C(C)(C)C)cn1. The van der Waals surface area contributed by atoms with E-state index in [0.29, 0.717) is 12.5 Å². The minimum Gasteiger partial charge on any atom is -0.478 e. The van der Waals surface area contributed by atoms with Crippen LogP contribution < -0.4 is 4.74 Å². The molecule has 0 saturated heterocycles. The van der Waals surface area contributed by atoms with Gasteiger partial charge >= 0.3 is 0 Å². The van der Waals surface area contributed by atoms with Gasteiger partial charge in [-0.2, -0.15) is 4.40 Å². The minimum atomic E-state index is -1.24. The number of pyridine rings is 1. The fourth-order valence-electron chi connectivity index (χ4n) is 0.968. The Morgan fingerprint density at radius 1 is 1.47 bits per heavy atom. The highest BCUT2D eigenvalue weighted by Gasteiger charge is 2.17. The highest BCUT2D eigenvalue weighted by atomic mass is 32.2. The summed E-state index contributed by atoms with van der Waals surface area (Å²) >= 11 is 0. The molecule has 0 aliphatic rings. The average molecular weight is 254 g/mol. The average Bonchev–Trinajstić information content (AvgIpc) is 2.27. The standard InChI is InChI=1S/C12H18N2O2S/c1-5-16-11-7-6-10(8-13-11)9-14-17(15)12(2,3)4/h6-9H,5H2,1-4H3/t17-/m0/s1. The molecule has 0 radical (unpaired) electrons. The molecule has 0 aliphatic heterocycles. The van der Waals surface area contributed by atoms with Crippen molar-refractivity contribution in [2.24, 2.45) is 4.40 Å². The first-order chi connectivity index (χ1) is 7.93. The molecule has 0 aromatic carbocycles. The van der Waals surface area contributed by atoms with Gasteiger partial charge in [-0.15, -0.1) is 0 Å². The number of ether oxygens (including phenoxy) is 1. The lowest BCUT2D eigenvalue weighted by atomic mass is 10.3. The van der Waals surface area contributed by atoms with Crippen LogP contribution in [0.5, 0.6) is 5.88 Å². The van der Waals surface area contributed by atoms with E-state index in [-0.39, 0.29) is 4.75 Å². The molecule has 0 spiro atoms. The van der Waals surface area contributed by atoms with Crippen LogP contribution in [0.25, 0.3) is 0 Å². The number of nitrogens with zero attached hydrogens (tertiary/aromatic N) is 2. The predicted octanol–water partition coefficient (Wildman–Crippen LogP) is 2.36. The molecule has 1 rings (SSSR count). The van der Waals surface area contributed by atoms with E-state index in [4.69, 9.17) is 4.74 Å². The van der Waals surface area contributed by atoms with Crippen LogP contribution in [0.1, 0.15) is 33.3 Å². The Kier molecular flexibility index (Phi) is 4.81. The van der Waals surface area contributed by atoms with Crippen LogP contribution in [0.3, 0.4) is 0 Å². The van der Waals surface area contributed by atoms with E-state index in [1.54, 1.807) is 18.5 Å². The van der Waals surface area contributed by atoms with E-state index in [1.807, 2.05) is 33.8 Å². The van der Waals surface area contributed by atoms with Crippen LogP contribution in [-0.4, -0.2) is 26.8 Å². The van der Waals surface area contributed by atoms with Crippen molar-refractivity contribution in [2.45, 2.75) is 32.4 Å². The van der Waals surface area contributed by atoms with Gasteiger partial charge in [0.15, 0.2) is 0 Å². The van der Waals surface area contributed by atoms with Crippen molar-refractivity contribution in [1.29, 1.82) is 0 Å². The first kappa shape index (κ1) is 13.8. The molecule has 1 atom stereocenters. The molecule has 4 nitrogen and oxygen atoms in total. The predicted molar refractivity (Wildman–Crippen MR) is 70.9 cm³/mol. The number of hydrogen-bond donors (Lipinski definition) is 0. The monoisotopic (exact) mass is 254 g/mol. The molecule has 0 amide bonds. The van der Waals surface area contributed by atoms with Crippen molar-refractivity contribution in [3.63, 3.8) is 0 Å². The summed E-state index contributed by atoms with van der Waals surface area (Å²) in [6.45, 7) is 8.16. The summed E-state index contributed by atoms with van der Waals surface area (Å²) in [5.41, 5.74) is 0.811. The van der Waals surface area contributed by atoms with Crippen LogP contribution in [0.4, 0.5) is 0 Å². The van der Waals surface area contributed by atoms with E-state index < -0.39 is 11.0 Å². The fraction of sp³-hybridized carbons (Fsp3) is 0.500. The third-order valence-corrected chi connectivity index (χ3v) is 3.22. The van der Waals surface area contributed by atoms with Gasteiger partial charge in [0.25, 0.3) is 0 Å². The van der Waals surface area contributed by atoms with Gasteiger partial charge in [-0.3, -0.25) is 0 Å². The lowest BCUT2D eigenvalue weighted by Gasteiger charge is -2.12. The van der Waals surface area contributed by atoms with Crippen molar-refractivity contribution in [1.82, 2.24) is 4.98 Å². The quantitative estimate of drug-likeness (QED) is 0.775. The van der Waals surface area contributed by atoms with Gasteiger partial charge in [0.1, 0.15) is 11.0 Å². The van der Waals surface area contributed by atoms with Crippen LogP contribution in [0, 0.1) is 0 Å². The molecule has 1 aromatic rings. The van der Waals surface area contributed by atoms with Crippen LogP contribution in [-0.2, 0) is 11.0 Å². The first-order valence-corrected chi connectivity index (χ1v) is 6.59. The lowest BCUT2D eigenvalue weighted by Crippen LogP contribution is -2.19. The van der Waals surface area contributed by atoms with E-state index in [2.05, 4.69) is 9.38 Å². The van der Waals surface area contributed by atoms with Crippen molar-refractivity contribution < 1.29 is 8.95 Å². The summed E-state index contributed by atoms with van der Waals surface area (Å²) in [5, 5.41) is 0. The summed E-state index contributed by atoms with van der Waals surface area (Å²) < 4.78 is 20.6. The molecule has 5 heteroatoms. The van der Waals surface area contributed by atoms with E-state index in [1.165, 1.54) is 0 Å². The van der Waals surface area contributed by atoms with Gasteiger partial charge in [-0.1, -0.05) is 0 Å². The Morgan fingerprint density at radius 3 is 2.65 bits per heavy atom. The van der Waals surface area contributed by atoms with Crippen molar-refractivity contribution in [3.8, 4) is 5.88 Å². The van der Waals surface area contributed by atoms with E-state index in [9.17, 15) is 4.21 Å². The first-order valence-electron chi connectivity index (χ1n) is 5.48. The second-order valence-electron chi connectivity index (χ2n) is 4.46. The summed E-state index contributed by atoms with van der Waals surface area (Å²) in [6, 6.07) is 3.60. The van der Waals surface area contributed by atoms with Gasteiger partial charge in [0.2, 0.25) is 5.88 Å². The summed E-state index contributed by atoms with van der Waals surface area (Å²) in [5.74, 6) is 0.585. The maximum atomic E-state index is 11.7. The maximum absolute atomic E-state index is 11.7. The third kappa shape index (κ3) is 4.65. The molecule has 94 valence electrons.